The van der Waals surface area contributed by atoms with Gasteiger partial charge in [0.1, 0.15) is 0 Å². The summed E-state index contributed by atoms with van der Waals surface area (Å²) in [5.74, 6) is 0. The van der Waals surface area contributed by atoms with Crippen molar-refractivity contribution in [2.24, 2.45) is 10.2 Å². The molecule has 0 amide bonds. The van der Waals surface area contributed by atoms with Gasteiger partial charge in [-0.3, -0.25) is 0 Å². The van der Waals surface area contributed by atoms with E-state index in [1.807, 2.05) is 0 Å². The van der Waals surface area contributed by atoms with Gasteiger partial charge in [-0.2, -0.15) is 0 Å². The summed E-state index contributed by atoms with van der Waals surface area (Å²) in [4.78, 5) is 5.55. The molecule has 0 radical (unpaired) electrons. The first-order valence-corrected chi connectivity index (χ1v) is 4.47. The van der Waals surface area contributed by atoms with E-state index in [0.717, 1.165) is 32.1 Å². The van der Waals surface area contributed by atoms with Crippen LogP contribution in [0.1, 0.15) is 32.1 Å². The first-order chi connectivity index (χ1) is 6.38. The van der Waals surface area contributed by atoms with Crippen LogP contribution < -0.4 is 0 Å². The maximum absolute atomic E-state index is 8.32. The molecule has 2 atom stereocenters. The van der Waals surface area contributed by atoms with E-state index in [4.69, 9.17) is 11.1 Å². The van der Waals surface area contributed by atoms with Crippen molar-refractivity contribution in [3.05, 3.63) is 20.9 Å². The van der Waals surface area contributed by atoms with Crippen molar-refractivity contribution in [3.63, 3.8) is 0 Å². The fourth-order valence-corrected chi connectivity index (χ4v) is 1.67. The minimum absolute atomic E-state index is 0.136. The van der Waals surface area contributed by atoms with Gasteiger partial charge in [-0.05, 0) is 23.9 Å². The summed E-state index contributed by atoms with van der Waals surface area (Å²) in [6.45, 7) is 0. The highest BCUT2D eigenvalue weighted by atomic mass is 15.2. The molecule has 1 aliphatic carbocycles. The molecule has 6 nitrogen and oxygen atoms in total. The van der Waals surface area contributed by atoms with Crippen LogP contribution in [0, 0.1) is 0 Å². The van der Waals surface area contributed by atoms with Crippen molar-refractivity contribution in [2.45, 2.75) is 44.2 Å². The van der Waals surface area contributed by atoms with Crippen molar-refractivity contribution in [3.8, 4) is 0 Å². The summed E-state index contributed by atoms with van der Waals surface area (Å²) in [5.41, 5.74) is 16.6. The average Bonchev–Trinajstić information content (AvgIpc) is 2.33. The van der Waals surface area contributed by atoms with Gasteiger partial charge in [0.05, 0.1) is 0 Å². The van der Waals surface area contributed by atoms with E-state index in [-0.39, 0.29) is 12.1 Å². The third-order valence-electron chi connectivity index (χ3n) is 2.34. The molecular formula is C7H12N6. The highest BCUT2D eigenvalue weighted by Gasteiger charge is 2.21. The van der Waals surface area contributed by atoms with Crippen molar-refractivity contribution in [1.29, 1.82) is 0 Å². The molecule has 1 rings (SSSR count). The van der Waals surface area contributed by atoms with Crippen LogP contribution >= 0.6 is 0 Å². The van der Waals surface area contributed by atoms with Gasteiger partial charge in [0.15, 0.2) is 0 Å². The number of rotatable bonds is 2. The quantitative estimate of drug-likeness (QED) is 0.269. The molecule has 6 heteroatoms. The minimum atomic E-state index is -0.136. The summed E-state index contributed by atoms with van der Waals surface area (Å²) in [7, 11) is 0. The number of azide groups is 2. The standard InChI is InChI=1S/C7H12N6/c8-12-10-6-4-2-1-3-5-7(6)11-13-9/h6-7H,1-5H2/t6-,7-/m0/s1. The van der Waals surface area contributed by atoms with Crippen LogP contribution in [0.25, 0.3) is 20.9 Å². The lowest BCUT2D eigenvalue weighted by atomic mass is 10.1. The molecule has 0 saturated heterocycles. The number of hydrogen-bond donors (Lipinski definition) is 0. The third kappa shape index (κ3) is 2.86. The molecule has 0 aromatic rings. The molecular weight excluding hydrogens is 168 g/mol. The van der Waals surface area contributed by atoms with Gasteiger partial charge in [0, 0.05) is 21.9 Å². The molecule has 0 unspecified atom stereocenters. The van der Waals surface area contributed by atoms with E-state index in [0.29, 0.717) is 0 Å². The molecule has 0 aromatic carbocycles. The van der Waals surface area contributed by atoms with Gasteiger partial charge in [0.2, 0.25) is 0 Å². The predicted octanol–water partition coefficient (Wildman–Crippen LogP) is 3.31. The normalized spacial score (nSPS) is 28.0. The highest BCUT2D eigenvalue weighted by Crippen LogP contribution is 2.23. The molecule has 1 saturated carbocycles. The predicted molar refractivity (Wildman–Crippen MR) is 49.0 cm³/mol. The van der Waals surface area contributed by atoms with Crippen LogP contribution in [0.4, 0.5) is 0 Å². The van der Waals surface area contributed by atoms with Gasteiger partial charge in [-0.1, -0.05) is 29.5 Å². The molecule has 0 N–H and O–H groups in total. The van der Waals surface area contributed by atoms with E-state index in [2.05, 4.69) is 20.1 Å². The molecule has 0 spiro atoms. The summed E-state index contributed by atoms with van der Waals surface area (Å²) in [5, 5.41) is 7.32. The second-order valence-electron chi connectivity index (χ2n) is 3.18. The maximum atomic E-state index is 8.32. The average molecular weight is 180 g/mol. The Labute approximate surface area is 76.2 Å². The Balaban J connectivity index is 2.71. The zero-order valence-corrected chi connectivity index (χ0v) is 7.37. The number of nitrogens with zero attached hydrogens (tertiary/aromatic N) is 6. The van der Waals surface area contributed by atoms with Crippen molar-refractivity contribution < 1.29 is 0 Å². The molecule has 0 aliphatic heterocycles. The highest BCUT2D eigenvalue weighted by molar-refractivity contribution is 4.85. The van der Waals surface area contributed by atoms with Crippen LogP contribution in [-0.4, -0.2) is 12.1 Å². The monoisotopic (exact) mass is 180 g/mol. The zero-order chi connectivity index (χ0) is 9.52. The molecule has 1 aliphatic rings. The summed E-state index contributed by atoms with van der Waals surface area (Å²) >= 11 is 0. The zero-order valence-electron chi connectivity index (χ0n) is 7.37. The van der Waals surface area contributed by atoms with Crippen LogP contribution in [0.5, 0.6) is 0 Å². The SMILES string of the molecule is [N-]=[N+]=N[C@H]1CCCCC[C@@H]1N=[N+]=[N-]. The van der Waals surface area contributed by atoms with E-state index in [1.54, 1.807) is 0 Å². The van der Waals surface area contributed by atoms with Crippen molar-refractivity contribution in [2.75, 3.05) is 0 Å². The van der Waals surface area contributed by atoms with Crippen LogP contribution in [-0.2, 0) is 0 Å². The summed E-state index contributed by atoms with van der Waals surface area (Å²) < 4.78 is 0. The molecule has 0 aromatic heterocycles. The second kappa shape index (κ2) is 5.30. The summed E-state index contributed by atoms with van der Waals surface area (Å²) in [6.07, 6.45) is 4.93. The molecule has 0 heterocycles. The lowest BCUT2D eigenvalue weighted by Crippen LogP contribution is -2.19. The third-order valence-corrected chi connectivity index (χ3v) is 2.34. The minimum Gasteiger partial charge on any atom is -0.0902 e. The molecule has 0 bridgehead atoms. The van der Waals surface area contributed by atoms with E-state index >= 15 is 0 Å². The van der Waals surface area contributed by atoms with E-state index < -0.39 is 0 Å². The lowest BCUT2D eigenvalue weighted by molar-refractivity contribution is 0.497. The molecule has 13 heavy (non-hydrogen) atoms. The van der Waals surface area contributed by atoms with Crippen LogP contribution in [0.2, 0.25) is 0 Å². The number of hydrogen-bond acceptors (Lipinski definition) is 2. The fourth-order valence-electron chi connectivity index (χ4n) is 1.67. The summed E-state index contributed by atoms with van der Waals surface area (Å²) in [6, 6.07) is -0.271. The van der Waals surface area contributed by atoms with Crippen LogP contribution in [0.15, 0.2) is 10.2 Å². The Bertz CT molecular complexity index is 224. The Hall–Kier alpha value is -1.38. The largest absolute Gasteiger partial charge is 0.0902 e. The molecule has 70 valence electrons. The van der Waals surface area contributed by atoms with Crippen molar-refractivity contribution in [1.82, 2.24) is 0 Å². The van der Waals surface area contributed by atoms with Gasteiger partial charge < -0.3 is 0 Å². The fraction of sp³-hybridized carbons (Fsp3) is 1.00. The second-order valence-corrected chi connectivity index (χ2v) is 3.18. The smallest absolute Gasteiger partial charge is 0.0458 e. The maximum Gasteiger partial charge on any atom is 0.0458 e. The Kier molecular flexibility index (Phi) is 3.96. The van der Waals surface area contributed by atoms with Gasteiger partial charge >= 0.3 is 0 Å². The Morgan fingerprint density at radius 2 is 1.31 bits per heavy atom. The molecule has 1 fully saturated rings. The first-order valence-electron chi connectivity index (χ1n) is 4.47. The first kappa shape index (κ1) is 9.71. The lowest BCUT2D eigenvalue weighted by Gasteiger charge is -2.13. The van der Waals surface area contributed by atoms with Gasteiger partial charge in [0.25, 0.3) is 0 Å². The van der Waals surface area contributed by atoms with E-state index in [9.17, 15) is 0 Å². The topological polar surface area (TPSA) is 97.5 Å². The van der Waals surface area contributed by atoms with E-state index in [1.165, 1.54) is 0 Å². The van der Waals surface area contributed by atoms with Gasteiger partial charge in [-0.25, -0.2) is 0 Å². The van der Waals surface area contributed by atoms with Gasteiger partial charge in [-0.15, -0.1) is 0 Å². The van der Waals surface area contributed by atoms with Crippen molar-refractivity contribution >= 4 is 0 Å². The Morgan fingerprint density at radius 3 is 1.69 bits per heavy atom. The van der Waals surface area contributed by atoms with Crippen LogP contribution in [0.3, 0.4) is 0 Å². The Morgan fingerprint density at radius 1 is 0.846 bits per heavy atom.